The molecule has 0 amide bonds. The predicted molar refractivity (Wildman–Crippen MR) is 84.8 cm³/mol. The van der Waals surface area contributed by atoms with Crippen molar-refractivity contribution in [1.82, 2.24) is 0 Å². The van der Waals surface area contributed by atoms with Crippen molar-refractivity contribution in [1.29, 1.82) is 0 Å². The average Bonchev–Trinajstić information content (AvgIpc) is 2.39. The van der Waals surface area contributed by atoms with Gasteiger partial charge in [-0.1, -0.05) is 41.4 Å². The van der Waals surface area contributed by atoms with Crippen LogP contribution in [-0.2, 0) is 16.0 Å². The van der Waals surface area contributed by atoms with E-state index in [4.69, 9.17) is 4.74 Å². The second-order valence-corrected chi connectivity index (χ2v) is 6.77. The largest absolute Gasteiger partial charge is 0.367 e. The Morgan fingerprint density at radius 2 is 2.30 bits per heavy atom. The van der Waals surface area contributed by atoms with Gasteiger partial charge in [0, 0.05) is 17.5 Å². The zero-order chi connectivity index (χ0) is 14.6. The molecule has 1 fully saturated rings. The Balaban J connectivity index is 2.14. The lowest BCUT2D eigenvalue weighted by atomic mass is 9.75. The molecule has 3 heteroatoms. The van der Waals surface area contributed by atoms with Crippen LogP contribution in [0.1, 0.15) is 45.1 Å². The molecular formula is C17H23BrO2. The van der Waals surface area contributed by atoms with Crippen molar-refractivity contribution in [3.63, 3.8) is 0 Å². The highest BCUT2D eigenvalue weighted by Gasteiger charge is 2.41. The second kappa shape index (κ2) is 6.86. The third kappa shape index (κ3) is 3.70. The fourth-order valence-corrected chi connectivity index (χ4v) is 3.68. The topological polar surface area (TPSA) is 26.3 Å². The van der Waals surface area contributed by atoms with Crippen LogP contribution in [-0.4, -0.2) is 18.0 Å². The zero-order valence-corrected chi connectivity index (χ0v) is 13.9. The molecule has 0 heterocycles. The maximum Gasteiger partial charge on any atom is 0.168 e. The Morgan fingerprint density at radius 1 is 1.50 bits per heavy atom. The van der Waals surface area contributed by atoms with Gasteiger partial charge in [-0.2, -0.15) is 0 Å². The summed E-state index contributed by atoms with van der Waals surface area (Å²) in [7, 11) is 0. The minimum atomic E-state index is -0.547. The van der Waals surface area contributed by atoms with E-state index in [1.54, 1.807) is 0 Å². The minimum Gasteiger partial charge on any atom is -0.367 e. The van der Waals surface area contributed by atoms with Crippen molar-refractivity contribution in [2.24, 2.45) is 5.92 Å². The van der Waals surface area contributed by atoms with Gasteiger partial charge in [-0.25, -0.2) is 0 Å². The van der Waals surface area contributed by atoms with Gasteiger partial charge in [-0.05, 0) is 49.8 Å². The van der Waals surface area contributed by atoms with Gasteiger partial charge in [-0.3, -0.25) is 4.79 Å². The van der Waals surface area contributed by atoms with Crippen LogP contribution in [0.2, 0.25) is 0 Å². The van der Waals surface area contributed by atoms with Crippen LogP contribution in [0.3, 0.4) is 0 Å². The number of ketones is 1. The lowest BCUT2D eigenvalue weighted by Crippen LogP contribution is -2.46. The first kappa shape index (κ1) is 15.7. The van der Waals surface area contributed by atoms with Crippen LogP contribution in [0.4, 0.5) is 0 Å². The van der Waals surface area contributed by atoms with Gasteiger partial charge in [0.1, 0.15) is 5.60 Å². The molecule has 0 saturated heterocycles. The Bertz CT molecular complexity index is 468. The zero-order valence-electron chi connectivity index (χ0n) is 12.3. The Morgan fingerprint density at radius 3 is 2.95 bits per heavy atom. The van der Waals surface area contributed by atoms with E-state index >= 15 is 0 Å². The molecular weight excluding hydrogens is 316 g/mol. The summed E-state index contributed by atoms with van der Waals surface area (Å²) in [5.41, 5.74) is 0.510. The van der Waals surface area contributed by atoms with E-state index in [-0.39, 0.29) is 5.78 Å². The van der Waals surface area contributed by atoms with Gasteiger partial charge >= 0.3 is 0 Å². The number of rotatable bonds is 5. The number of hydrogen-bond acceptors (Lipinski definition) is 2. The van der Waals surface area contributed by atoms with Gasteiger partial charge < -0.3 is 4.74 Å². The smallest absolute Gasteiger partial charge is 0.168 e. The van der Waals surface area contributed by atoms with E-state index in [1.807, 2.05) is 31.2 Å². The van der Waals surface area contributed by atoms with E-state index in [0.717, 1.165) is 29.3 Å². The lowest BCUT2D eigenvalue weighted by molar-refractivity contribution is -0.150. The van der Waals surface area contributed by atoms with Crippen molar-refractivity contribution >= 4 is 21.7 Å². The van der Waals surface area contributed by atoms with Crippen molar-refractivity contribution < 1.29 is 9.53 Å². The predicted octanol–water partition coefficient (Wildman–Crippen LogP) is 4.55. The summed E-state index contributed by atoms with van der Waals surface area (Å²) in [6.45, 7) is 4.81. The monoisotopic (exact) mass is 338 g/mol. The Kier molecular flexibility index (Phi) is 5.39. The molecule has 0 radical (unpaired) electrons. The molecule has 1 aromatic carbocycles. The van der Waals surface area contributed by atoms with Crippen molar-refractivity contribution in [3.8, 4) is 0 Å². The second-order valence-electron chi connectivity index (χ2n) is 5.86. The molecule has 0 bridgehead atoms. The molecule has 2 unspecified atom stereocenters. The van der Waals surface area contributed by atoms with Crippen LogP contribution < -0.4 is 0 Å². The molecule has 0 spiro atoms. The first-order chi connectivity index (χ1) is 9.55. The van der Waals surface area contributed by atoms with Gasteiger partial charge in [0.25, 0.3) is 0 Å². The number of Topliss-reactive ketones (excluding diaryl/α,β-unsaturated/α-hetero) is 1. The van der Waals surface area contributed by atoms with Crippen LogP contribution in [0.5, 0.6) is 0 Å². The molecule has 20 heavy (non-hydrogen) atoms. The third-order valence-corrected chi connectivity index (χ3v) is 4.63. The van der Waals surface area contributed by atoms with Crippen LogP contribution >= 0.6 is 15.9 Å². The molecule has 0 aliphatic heterocycles. The van der Waals surface area contributed by atoms with Gasteiger partial charge in [0.2, 0.25) is 0 Å². The summed E-state index contributed by atoms with van der Waals surface area (Å²) in [6, 6.07) is 7.98. The van der Waals surface area contributed by atoms with Crippen LogP contribution in [0, 0.1) is 5.92 Å². The highest BCUT2D eigenvalue weighted by atomic mass is 79.9. The number of carbonyl (C=O) groups excluding carboxylic acids is 1. The van der Waals surface area contributed by atoms with Gasteiger partial charge in [0.05, 0.1) is 0 Å². The summed E-state index contributed by atoms with van der Waals surface area (Å²) in [6.07, 6.45) is 4.50. The summed E-state index contributed by atoms with van der Waals surface area (Å²) in [4.78, 5) is 12.8. The Hall–Kier alpha value is -0.670. The summed E-state index contributed by atoms with van der Waals surface area (Å²) in [5, 5.41) is 0. The number of hydrogen-bond donors (Lipinski definition) is 0. The highest BCUT2D eigenvalue weighted by molar-refractivity contribution is 9.10. The quantitative estimate of drug-likeness (QED) is 0.787. The number of benzene rings is 1. The first-order valence-electron chi connectivity index (χ1n) is 7.47. The molecule has 2 atom stereocenters. The molecule has 2 rings (SSSR count). The average molecular weight is 339 g/mol. The normalized spacial score (nSPS) is 26.4. The standard InChI is InChI=1S/C17H23BrO2/c1-3-20-17(9-5-6-13(2)12-17)16(19)11-14-7-4-8-15(18)10-14/h4,7-8,10,13H,3,5-6,9,11-12H2,1-2H3. The SMILES string of the molecule is CCOC1(C(=O)Cc2cccc(Br)c2)CCCC(C)C1. The maximum absolute atomic E-state index is 12.8. The minimum absolute atomic E-state index is 0.240. The molecule has 0 N–H and O–H groups in total. The number of ether oxygens (including phenoxy) is 1. The van der Waals surface area contributed by atoms with Crippen molar-refractivity contribution in [2.75, 3.05) is 6.61 Å². The summed E-state index contributed by atoms with van der Waals surface area (Å²) in [5.74, 6) is 0.811. The third-order valence-electron chi connectivity index (χ3n) is 4.14. The number of halogens is 1. The van der Waals surface area contributed by atoms with E-state index in [0.29, 0.717) is 18.9 Å². The van der Waals surface area contributed by atoms with Crippen molar-refractivity contribution in [3.05, 3.63) is 34.3 Å². The molecule has 0 aromatic heterocycles. The fraction of sp³-hybridized carbons (Fsp3) is 0.588. The lowest BCUT2D eigenvalue weighted by Gasteiger charge is -2.38. The molecule has 2 nitrogen and oxygen atoms in total. The fourth-order valence-electron chi connectivity index (χ4n) is 3.24. The highest BCUT2D eigenvalue weighted by Crippen LogP contribution is 2.36. The summed E-state index contributed by atoms with van der Waals surface area (Å²) >= 11 is 3.46. The maximum atomic E-state index is 12.8. The number of carbonyl (C=O) groups is 1. The molecule has 1 aliphatic rings. The molecule has 110 valence electrons. The van der Waals surface area contributed by atoms with Crippen LogP contribution in [0.25, 0.3) is 0 Å². The first-order valence-corrected chi connectivity index (χ1v) is 8.27. The summed E-state index contributed by atoms with van der Waals surface area (Å²) < 4.78 is 6.96. The van der Waals surface area contributed by atoms with E-state index < -0.39 is 5.60 Å². The van der Waals surface area contributed by atoms with Gasteiger partial charge in [-0.15, -0.1) is 0 Å². The molecule has 1 aliphatic carbocycles. The molecule has 1 aromatic rings. The van der Waals surface area contributed by atoms with E-state index in [9.17, 15) is 4.79 Å². The van der Waals surface area contributed by atoms with Crippen LogP contribution in [0.15, 0.2) is 28.7 Å². The van der Waals surface area contributed by atoms with Gasteiger partial charge in [0.15, 0.2) is 5.78 Å². The Labute approximate surface area is 130 Å². The molecule has 1 saturated carbocycles. The van der Waals surface area contributed by atoms with Crippen molar-refractivity contribution in [2.45, 2.75) is 51.6 Å². The van der Waals surface area contributed by atoms with E-state index in [2.05, 4.69) is 22.9 Å². The van der Waals surface area contributed by atoms with E-state index in [1.165, 1.54) is 6.42 Å².